The van der Waals surface area contributed by atoms with E-state index < -0.39 is 24.2 Å². The van der Waals surface area contributed by atoms with Gasteiger partial charge in [0.05, 0.1) is 5.92 Å². The van der Waals surface area contributed by atoms with Crippen LogP contribution >= 0.6 is 0 Å². The molecular formula is C21H29F3O3. The first-order valence-electron chi connectivity index (χ1n) is 9.87. The molecule has 3 nitrogen and oxygen atoms in total. The number of carbonyl (C=O) groups excluding carboxylic acids is 1. The molecule has 1 saturated carbocycles. The second kappa shape index (κ2) is 10.00. The van der Waals surface area contributed by atoms with Crippen LogP contribution in [0.5, 0.6) is 5.75 Å². The van der Waals surface area contributed by atoms with E-state index in [0.717, 1.165) is 37.7 Å². The summed E-state index contributed by atoms with van der Waals surface area (Å²) < 4.78 is 44.4. The Hall–Kier alpha value is -1.72. The molecule has 1 atom stereocenters. The maximum atomic E-state index is 13.2. The number of hydrogen-bond acceptors (Lipinski definition) is 3. The minimum Gasteiger partial charge on any atom is -0.508 e. The minimum absolute atomic E-state index is 0.155. The van der Waals surface area contributed by atoms with Gasteiger partial charge in [0.2, 0.25) is 0 Å². The fourth-order valence-corrected chi connectivity index (χ4v) is 3.69. The SMILES string of the molecule is CCCCCC[C@@H](OC(=O)C1CCC(c2ccc(O)cc2)CC1)C(F)(F)F. The van der Waals surface area contributed by atoms with Gasteiger partial charge in [-0.25, -0.2) is 0 Å². The van der Waals surface area contributed by atoms with E-state index in [0.29, 0.717) is 19.3 Å². The van der Waals surface area contributed by atoms with E-state index >= 15 is 0 Å². The summed E-state index contributed by atoms with van der Waals surface area (Å²) in [5.41, 5.74) is 1.09. The summed E-state index contributed by atoms with van der Waals surface area (Å²) in [5.74, 6) is -0.703. The van der Waals surface area contributed by atoms with E-state index in [1.54, 1.807) is 12.1 Å². The summed E-state index contributed by atoms with van der Waals surface area (Å²) in [5, 5.41) is 9.36. The van der Waals surface area contributed by atoms with Gasteiger partial charge in [-0.1, -0.05) is 38.3 Å². The Morgan fingerprint density at radius 3 is 2.30 bits per heavy atom. The quantitative estimate of drug-likeness (QED) is 0.433. The van der Waals surface area contributed by atoms with Crippen LogP contribution in [0.3, 0.4) is 0 Å². The predicted octanol–water partition coefficient (Wildman–Crippen LogP) is 6.11. The lowest BCUT2D eigenvalue weighted by Crippen LogP contribution is -2.36. The Balaban J connectivity index is 1.84. The van der Waals surface area contributed by atoms with Crippen molar-refractivity contribution in [3.05, 3.63) is 29.8 Å². The van der Waals surface area contributed by atoms with Crippen LogP contribution in [-0.4, -0.2) is 23.4 Å². The molecule has 0 saturated heterocycles. The van der Waals surface area contributed by atoms with Crippen molar-refractivity contribution in [3.8, 4) is 5.75 Å². The van der Waals surface area contributed by atoms with Crippen LogP contribution in [0, 0.1) is 5.92 Å². The number of rotatable bonds is 8. The van der Waals surface area contributed by atoms with Gasteiger partial charge in [-0.05, 0) is 62.1 Å². The molecule has 0 aliphatic heterocycles. The molecule has 1 aliphatic carbocycles. The Kier molecular flexibility index (Phi) is 7.99. The molecular weight excluding hydrogens is 357 g/mol. The summed E-state index contributed by atoms with van der Waals surface area (Å²) in [6.45, 7) is 2.00. The van der Waals surface area contributed by atoms with Crippen molar-refractivity contribution in [1.29, 1.82) is 0 Å². The van der Waals surface area contributed by atoms with Gasteiger partial charge in [0.1, 0.15) is 5.75 Å². The highest BCUT2D eigenvalue weighted by Gasteiger charge is 2.43. The van der Waals surface area contributed by atoms with Gasteiger partial charge < -0.3 is 9.84 Å². The molecule has 0 bridgehead atoms. The van der Waals surface area contributed by atoms with E-state index in [4.69, 9.17) is 4.74 Å². The number of hydrogen-bond donors (Lipinski definition) is 1. The van der Waals surface area contributed by atoms with Crippen molar-refractivity contribution in [3.63, 3.8) is 0 Å². The number of alkyl halides is 3. The van der Waals surface area contributed by atoms with Gasteiger partial charge >= 0.3 is 12.1 Å². The van der Waals surface area contributed by atoms with Gasteiger partial charge in [0.15, 0.2) is 6.10 Å². The summed E-state index contributed by atoms with van der Waals surface area (Å²) in [7, 11) is 0. The largest absolute Gasteiger partial charge is 0.508 e. The van der Waals surface area contributed by atoms with Crippen molar-refractivity contribution in [1.82, 2.24) is 0 Å². The van der Waals surface area contributed by atoms with Crippen molar-refractivity contribution >= 4 is 5.97 Å². The number of benzene rings is 1. The van der Waals surface area contributed by atoms with Crippen molar-refractivity contribution < 1.29 is 27.8 Å². The number of unbranched alkanes of at least 4 members (excludes halogenated alkanes) is 3. The molecule has 1 aromatic rings. The van der Waals surface area contributed by atoms with Crippen LogP contribution in [0.4, 0.5) is 13.2 Å². The molecule has 1 aromatic carbocycles. The fraction of sp³-hybridized carbons (Fsp3) is 0.667. The molecule has 1 aliphatic rings. The Morgan fingerprint density at radius 2 is 1.74 bits per heavy atom. The first-order valence-corrected chi connectivity index (χ1v) is 9.87. The molecule has 0 aromatic heterocycles. The molecule has 2 rings (SSSR count). The molecule has 1 fully saturated rings. The topological polar surface area (TPSA) is 46.5 Å². The minimum atomic E-state index is -4.51. The van der Waals surface area contributed by atoms with Gasteiger partial charge in [-0.2, -0.15) is 13.2 Å². The highest BCUT2D eigenvalue weighted by molar-refractivity contribution is 5.72. The molecule has 152 valence electrons. The third-order valence-electron chi connectivity index (χ3n) is 5.37. The third-order valence-corrected chi connectivity index (χ3v) is 5.37. The molecule has 0 radical (unpaired) electrons. The Morgan fingerprint density at radius 1 is 1.11 bits per heavy atom. The molecule has 0 amide bonds. The van der Waals surface area contributed by atoms with E-state index in [1.807, 2.05) is 19.1 Å². The van der Waals surface area contributed by atoms with Crippen LogP contribution in [-0.2, 0) is 9.53 Å². The van der Waals surface area contributed by atoms with Gasteiger partial charge in [-0.15, -0.1) is 0 Å². The normalized spacial score (nSPS) is 21.6. The van der Waals surface area contributed by atoms with E-state index in [-0.39, 0.29) is 18.1 Å². The number of esters is 1. The highest BCUT2D eigenvalue weighted by atomic mass is 19.4. The van der Waals surface area contributed by atoms with Gasteiger partial charge in [0, 0.05) is 0 Å². The molecule has 0 unspecified atom stereocenters. The van der Waals surface area contributed by atoms with Crippen LogP contribution in [0.1, 0.15) is 76.2 Å². The van der Waals surface area contributed by atoms with E-state index in [1.165, 1.54) is 0 Å². The zero-order valence-electron chi connectivity index (χ0n) is 15.8. The lowest BCUT2D eigenvalue weighted by Gasteiger charge is -2.29. The number of phenolic OH excluding ortho intramolecular Hbond substituents is 1. The Labute approximate surface area is 158 Å². The summed E-state index contributed by atoms with van der Waals surface area (Å²) in [6.07, 6.45) is -1.15. The molecule has 27 heavy (non-hydrogen) atoms. The Bertz CT molecular complexity index is 575. The van der Waals surface area contributed by atoms with Crippen molar-refractivity contribution in [2.45, 2.75) is 82.9 Å². The second-order valence-corrected chi connectivity index (χ2v) is 7.46. The molecule has 1 N–H and O–H groups in total. The summed E-state index contributed by atoms with van der Waals surface area (Å²) in [6, 6.07) is 6.97. The predicted molar refractivity (Wildman–Crippen MR) is 97.5 cm³/mol. The lowest BCUT2D eigenvalue weighted by molar-refractivity contribution is -0.225. The highest BCUT2D eigenvalue weighted by Crippen LogP contribution is 2.37. The maximum absolute atomic E-state index is 13.2. The monoisotopic (exact) mass is 386 g/mol. The smallest absolute Gasteiger partial charge is 0.425 e. The number of halogens is 3. The van der Waals surface area contributed by atoms with Gasteiger partial charge in [0.25, 0.3) is 0 Å². The van der Waals surface area contributed by atoms with Crippen LogP contribution in [0.25, 0.3) is 0 Å². The average Bonchev–Trinajstić information content (AvgIpc) is 2.64. The fourth-order valence-electron chi connectivity index (χ4n) is 3.69. The lowest BCUT2D eigenvalue weighted by atomic mass is 9.79. The first kappa shape index (κ1) is 21.6. The first-order chi connectivity index (χ1) is 12.8. The number of carbonyl (C=O) groups is 1. The van der Waals surface area contributed by atoms with Gasteiger partial charge in [-0.3, -0.25) is 4.79 Å². The van der Waals surface area contributed by atoms with Crippen molar-refractivity contribution in [2.75, 3.05) is 0 Å². The number of phenols is 1. The standard InChI is InChI=1S/C21H29F3O3/c1-2-3-4-5-6-19(21(22,23)24)27-20(26)17-9-7-15(8-10-17)16-11-13-18(25)14-12-16/h11-15,17,19,25H,2-10H2,1H3/t15?,17?,19-/m1/s1. The van der Waals surface area contributed by atoms with E-state index in [9.17, 15) is 23.1 Å². The molecule has 0 spiro atoms. The van der Waals surface area contributed by atoms with E-state index in [2.05, 4.69) is 0 Å². The van der Waals surface area contributed by atoms with Crippen molar-refractivity contribution in [2.24, 2.45) is 5.92 Å². The number of aromatic hydroxyl groups is 1. The zero-order chi connectivity index (χ0) is 19.9. The number of ether oxygens (including phenoxy) is 1. The summed E-state index contributed by atoms with van der Waals surface area (Å²) >= 11 is 0. The molecule has 6 heteroatoms. The second-order valence-electron chi connectivity index (χ2n) is 7.46. The van der Waals surface area contributed by atoms with Crippen LogP contribution in [0.2, 0.25) is 0 Å². The van der Waals surface area contributed by atoms with Crippen LogP contribution in [0.15, 0.2) is 24.3 Å². The summed E-state index contributed by atoms with van der Waals surface area (Å²) in [4.78, 5) is 12.3. The average molecular weight is 386 g/mol. The maximum Gasteiger partial charge on any atom is 0.425 e. The van der Waals surface area contributed by atoms with Crippen LogP contribution < -0.4 is 0 Å². The third kappa shape index (κ3) is 6.74. The molecule has 0 heterocycles. The zero-order valence-corrected chi connectivity index (χ0v) is 15.8.